The van der Waals surface area contributed by atoms with Gasteiger partial charge in [0.05, 0.1) is 6.10 Å². The van der Waals surface area contributed by atoms with E-state index in [4.69, 9.17) is 9.47 Å². The van der Waals surface area contributed by atoms with Crippen molar-refractivity contribution in [3.05, 3.63) is 71.8 Å². The predicted molar refractivity (Wildman–Crippen MR) is 85.9 cm³/mol. The molecule has 0 aliphatic carbocycles. The van der Waals surface area contributed by atoms with Gasteiger partial charge >= 0.3 is 5.97 Å². The van der Waals surface area contributed by atoms with Crippen molar-refractivity contribution in [2.75, 3.05) is 0 Å². The molecule has 0 saturated carbocycles. The molecule has 0 aliphatic heterocycles. The number of aliphatic hydroxyl groups excluding tert-OH is 2. The van der Waals surface area contributed by atoms with E-state index in [1.165, 1.54) is 6.92 Å². The summed E-state index contributed by atoms with van der Waals surface area (Å²) in [6, 6.07) is 17.0. The highest BCUT2D eigenvalue weighted by Gasteiger charge is 2.31. The summed E-state index contributed by atoms with van der Waals surface area (Å²) in [5.41, 5.74) is 0.927. The van der Waals surface area contributed by atoms with Crippen LogP contribution in [-0.2, 0) is 14.3 Å². The second-order valence-electron chi connectivity index (χ2n) is 5.26. The van der Waals surface area contributed by atoms with Crippen LogP contribution in [0, 0.1) is 0 Å². The van der Waals surface area contributed by atoms with Gasteiger partial charge in [0.2, 0.25) is 0 Å². The van der Waals surface area contributed by atoms with Crippen LogP contribution in [0.1, 0.15) is 30.6 Å². The smallest absolute Gasteiger partial charge is 0.335 e. The summed E-state index contributed by atoms with van der Waals surface area (Å²) < 4.78 is 10.6. The summed E-state index contributed by atoms with van der Waals surface area (Å²) in [6.45, 7) is 1.46. The van der Waals surface area contributed by atoms with Crippen molar-refractivity contribution in [2.45, 2.75) is 31.7 Å². The van der Waals surface area contributed by atoms with Gasteiger partial charge in [-0.15, -0.1) is 0 Å². The van der Waals surface area contributed by atoms with Gasteiger partial charge in [-0.25, -0.2) is 4.79 Å². The number of benzene rings is 2. The molecule has 2 aromatic carbocycles. The fourth-order valence-electron chi connectivity index (χ4n) is 2.18. The predicted octanol–water partition coefficient (Wildman–Crippen LogP) is 2.24. The minimum absolute atomic E-state index is 0.430. The van der Waals surface area contributed by atoms with E-state index in [9.17, 15) is 20.1 Å². The molecule has 0 aromatic heterocycles. The topological polar surface area (TPSA) is 96.2 Å². The van der Waals surface area contributed by atoms with Crippen LogP contribution in [-0.4, -0.2) is 33.5 Å². The van der Waals surface area contributed by atoms with Crippen LogP contribution in [0.25, 0.3) is 0 Å². The summed E-state index contributed by atoms with van der Waals surface area (Å²) in [6.07, 6.45) is -5.14. The van der Waals surface area contributed by atoms with Crippen LogP contribution in [0.15, 0.2) is 60.7 Å². The van der Waals surface area contributed by atoms with Crippen LogP contribution in [0.4, 0.5) is 0 Å². The van der Waals surface area contributed by atoms with E-state index in [0.29, 0.717) is 11.1 Å². The molecule has 2 aromatic rings. The van der Waals surface area contributed by atoms with E-state index in [2.05, 4.69) is 0 Å². The van der Waals surface area contributed by atoms with Crippen molar-refractivity contribution >= 4 is 5.97 Å². The highest BCUT2D eigenvalue weighted by Crippen LogP contribution is 2.22. The summed E-state index contributed by atoms with van der Waals surface area (Å²) in [5, 5.41) is 29.4. The quantitative estimate of drug-likeness (QED) is 0.642. The fourth-order valence-corrected chi connectivity index (χ4v) is 2.18. The lowest BCUT2D eigenvalue weighted by Crippen LogP contribution is -2.38. The number of aliphatic hydroxyl groups is 2. The fraction of sp³-hybridized carbons (Fsp3) is 0.278. The van der Waals surface area contributed by atoms with Crippen molar-refractivity contribution in [1.82, 2.24) is 0 Å². The maximum atomic E-state index is 11.4. The molecule has 0 bridgehead atoms. The molecular formula is C18H20O6. The maximum Gasteiger partial charge on any atom is 0.335 e. The molecule has 6 nitrogen and oxygen atoms in total. The van der Waals surface area contributed by atoms with E-state index in [1.807, 2.05) is 0 Å². The lowest BCUT2D eigenvalue weighted by Gasteiger charge is -2.26. The largest absolute Gasteiger partial charge is 0.479 e. The van der Waals surface area contributed by atoms with E-state index < -0.39 is 30.8 Å². The average molecular weight is 332 g/mol. The number of carboxylic acid groups (broad SMARTS) is 1. The Morgan fingerprint density at radius 1 is 0.833 bits per heavy atom. The Balaban J connectivity index is 2.02. The van der Waals surface area contributed by atoms with Crippen molar-refractivity contribution in [2.24, 2.45) is 0 Å². The molecule has 2 rings (SSSR count). The summed E-state index contributed by atoms with van der Waals surface area (Å²) >= 11 is 0. The third-order valence-corrected chi connectivity index (χ3v) is 3.46. The number of ether oxygens (including phenoxy) is 2. The minimum atomic E-state index is -1.45. The Labute approximate surface area is 139 Å². The third-order valence-electron chi connectivity index (χ3n) is 3.46. The van der Waals surface area contributed by atoms with E-state index >= 15 is 0 Å². The molecule has 0 aliphatic rings. The van der Waals surface area contributed by atoms with Gasteiger partial charge in [0, 0.05) is 11.1 Å². The first-order chi connectivity index (χ1) is 11.5. The number of rotatable bonds is 8. The van der Waals surface area contributed by atoms with E-state index in [0.717, 1.165) is 0 Å². The molecule has 2 unspecified atom stereocenters. The minimum Gasteiger partial charge on any atom is -0.479 e. The van der Waals surface area contributed by atoms with Crippen molar-refractivity contribution < 1.29 is 29.6 Å². The SMILES string of the molecule is C[C@H](OC(O)c1ccccc1)[C@@H](OC(O)c1ccccc1)C(=O)O. The number of carbonyl (C=O) groups is 1. The van der Waals surface area contributed by atoms with Gasteiger partial charge in [-0.3, -0.25) is 0 Å². The molecule has 6 heteroatoms. The van der Waals surface area contributed by atoms with Gasteiger partial charge in [-0.1, -0.05) is 60.7 Å². The average Bonchev–Trinajstić information content (AvgIpc) is 2.60. The summed E-state index contributed by atoms with van der Waals surface area (Å²) in [4.78, 5) is 11.4. The molecule has 4 atom stereocenters. The first-order valence-corrected chi connectivity index (χ1v) is 7.49. The van der Waals surface area contributed by atoms with Gasteiger partial charge in [0.1, 0.15) is 0 Å². The summed E-state index contributed by atoms with van der Waals surface area (Å²) in [7, 11) is 0. The molecule has 0 saturated heterocycles. The summed E-state index contributed by atoms with van der Waals surface area (Å²) in [5.74, 6) is -1.29. The van der Waals surface area contributed by atoms with Gasteiger partial charge in [0.25, 0.3) is 0 Å². The van der Waals surface area contributed by atoms with Gasteiger partial charge in [0.15, 0.2) is 18.7 Å². The number of aliphatic carboxylic acids is 1. The van der Waals surface area contributed by atoms with Gasteiger partial charge in [-0.05, 0) is 6.92 Å². The molecule has 0 heterocycles. The highest BCUT2D eigenvalue weighted by molar-refractivity contribution is 5.73. The second kappa shape index (κ2) is 8.56. The molecule has 0 spiro atoms. The Hall–Kier alpha value is -2.25. The first kappa shape index (κ1) is 18.1. The Bertz CT molecular complexity index is 630. The Morgan fingerprint density at radius 3 is 1.67 bits per heavy atom. The Kier molecular flexibility index (Phi) is 6.45. The van der Waals surface area contributed by atoms with Gasteiger partial charge < -0.3 is 24.8 Å². The lowest BCUT2D eigenvalue weighted by molar-refractivity contribution is -0.220. The molecule has 3 N–H and O–H groups in total. The molecule has 0 radical (unpaired) electrons. The molecule has 24 heavy (non-hydrogen) atoms. The van der Waals surface area contributed by atoms with Crippen molar-refractivity contribution in [3.63, 3.8) is 0 Å². The molecule has 128 valence electrons. The van der Waals surface area contributed by atoms with Crippen molar-refractivity contribution in [1.29, 1.82) is 0 Å². The maximum absolute atomic E-state index is 11.4. The standard InChI is InChI=1S/C18H20O6/c1-12(23-17(21)13-8-4-2-5-9-13)15(16(19)20)24-18(22)14-10-6-3-7-11-14/h2-12,15,17-18,21-22H,1H3,(H,19,20)/t12-,15+,17?,18?/m0/s1. The van der Waals surface area contributed by atoms with Gasteiger partial charge in [-0.2, -0.15) is 0 Å². The van der Waals surface area contributed by atoms with Crippen LogP contribution < -0.4 is 0 Å². The second-order valence-corrected chi connectivity index (χ2v) is 5.26. The number of carboxylic acids is 1. The van der Waals surface area contributed by atoms with E-state index in [-0.39, 0.29) is 0 Å². The van der Waals surface area contributed by atoms with Crippen molar-refractivity contribution in [3.8, 4) is 0 Å². The zero-order valence-corrected chi connectivity index (χ0v) is 13.1. The molecule has 0 fully saturated rings. The third kappa shape index (κ3) is 4.87. The van der Waals surface area contributed by atoms with Crippen LogP contribution in [0.2, 0.25) is 0 Å². The highest BCUT2D eigenvalue weighted by atomic mass is 16.7. The van der Waals surface area contributed by atoms with Crippen LogP contribution in [0.3, 0.4) is 0 Å². The monoisotopic (exact) mass is 332 g/mol. The first-order valence-electron chi connectivity index (χ1n) is 7.49. The normalized spacial score (nSPS) is 16.1. The van der Waals surface area contributed by atoms with E-state index in [1.54, 1.807) is 60.7 Å². The molecule has 0 amide bonds. The molecular weight excluding hydrogens is 312 g/mol. The zero-order valence-electron chi connectivity index (χ0n) is 13.1. The lowest BCUT2D eigenvalue weighted by atomic mass is 10.2. The Morgan fingerprint density at radius 2 is 1.25 bits per heavy atom. The van der Waals surface area contributed by atoms with Crippen LogP contribution in [0.5, 0.6) is 0 Å². The number of hydrogen-bond donors (Lipinski definition) is 3. The zero-order chi connectivity index (χ0) is 17.5. The van der Waals surface area contributed by atoms with Crippen LogP contribution >= 0.6 is 0 Å². The number of hydrogen-bond acceptors (Lipinski definition) is 5.